The van der Waals surface area contributed by atoms with E-state index in [1.807, 2.05) is 17.0 Å². The molecule has 116 valence electrons. The summed E-state index contributed by atoms with van der Waals surface area (Å²) in [7, 11) is 1.73. The van der Waals surface area contributed by atoms with Gasteiger partial charge in [-0.3, -0.25) is 4.79 Å². The summed E-state index contributed by atoms with van der Waals surface area (Å²) in [4.78, 5) is 18.9. The number of methoxy groups -OCH3 is 1. The lowest BCUT2D eigenvalue weighted by molar-refractivity contribution is 0.0614. The van der Waals surface area contributed by atoms with Crippen LogP contribution in [0.15, 0.2) is 18.3 Å². The maximum atomic E-state index is 12.7. The second kappa shape index (κ2) is 7.98. The lowest BCUT2D eigenvalue weighted by Crippen LogP contribution is -2.39. The number of likely N-dealkylation sites (tertiary alicyclic amines) is 1. The molecule has 0 atom stereocenters. The van der Waals surface area contributed by atoms with Crippen LogP contribution in [0.1, 0.15) is 36.5 Å². The smallest absolute Gasteiger partial charge is 0.257 e. The van der Waals surface area contributed by atoms with Gasteiger partial charge in [-0.2, -0.15) is 0 Å². The number of rotatable bonds is 6. The molecular formula is C16H25N3O2. The number of carbonyl (C=O) groups is 1. The average Bonchev–Trinajstić information content (AvgIpc) is 2.53. The molecule has 2 heterocycles. The molecule has 1 aromatic heterocycles. The predicted octanol–water partition coefficient (Wildman–Crippen LogP) is 2.40. The molecule has 0 unspecified atom stereocenters. The number of amides is 1. The first-order valence-corrected chi connectivity index (χ1v) is 7.73. The fraction of sp³-hybridized carbons (Fsp3) is 0.625. The summed E-state index contributed by atoms with van der Waals surface area (Å²) in [6.45, 7) is 5.31. The summed E-state index contributed by atoms with van der Waals surface area (Å²) in [6, 6.07) is 3.68. The van der Waals surface area contributed by atoms with Gasteiger partial charge in [0.15, 0.2) is 0 Å². The quantitative estimate of drug-likeness (QED) is 0.874. The van der Waals surface area contributed by atoms with Gasteiger partial charge in [0.1, 0.15) is 5.82 Å². The molecule has 1 aromatic rings. The average molecular weight is 291 g/mol. The predicted molar refractivity (Wildman–Crippen MR) is 83.5 cm³/mol. The maximum absolute atomic E-state index is 12.7. The standard InChI is InChI=1S/C16H25N3O2/c1-3-8-17-15-14(5-4-9-18-15)16(20)19-10-6-13(7-11-19)12-21-2/h4-5,9,13H,3,6-8,10-12H2,1-2H3,(H,17,18). The van der Waals surface area contributed by atoms with Crippen molar-refractivity contribution >= 4 is 11.7 Å². The van der Waals surface area contributed by atoms with Crippen molar-refractivity contribution in [1.29, 1.82) is 0 Å². The Morgan fingerprint density at radius 3 is 2.90 bits per heavy atom. The Labute approximate surface area is 126 Å². The molecule has 1 N–H and O–H groups in total. The van der Waals surface area contributed by atoms with Gasteiger partial charge in [0.25, 0.3) is 5.91 Å². The van der Waals surface area contributed by atoms with Crippen LogP contribution in [0.3, 0.4) is 0 Å². The number of hydrogen-bond donors (Lipinski definition) is 1. The molecule has 0 bridgehead atoms. The third-order valence-corrected chi connectivity index (χ3v) is 3.88. The monoisotopic (exact) mass is 291 g/mol. The minimum Gasteiger partial charge on any atom is -0.384 e. The van der Waals surface area contributed by atoms with Gasteiger partial charge < -0.3 is 15.0 Å². The normalized spacial score (nSPS) is 16.0. The minimum absolute atomic E-state index is 0.0811. The largest absolute Gasteiger partial charge is 0.384 e. The molecule has 1 fully saturated rings. The first-order chi connectivity index (χ1) is 10.3. The van der Waals surface area contributed by atoms with Crippen LogP contribution in [0.25, 0.3) is 0 Å². The maximum Gasteiger partial charge on any atom is 0.257 e. The Bertz CT molecular complexity index is 457. The van der Waals surface area contributed by atoms with Crippen LogP contribution in [-0.4, -0.2) is 49.1 Å². The van der Waals surface area contributed by atoms with Gasteiger partial charge in [-0.1, -0.05) is 6.92 Å². The third-order valence-electron chi connectivity index (χ3n) is 3.88. The number of nitrogens with zero attached hydrogens (tertiary/aromatic N) is 2. The van der Waals surface area contributed by atoms with Crippen molar-refractivity contribution in [3.05, 3.63) is 23.9 Å². The Kier molecular flexibility index (Phi) is 5.99. The van der Waals surface area contributed by atoms with Crippen molar-refractivity contribution in [2.24, 2.45) is 5.92 Å². The summed E-state index contributed by atoms with van der Waals surface area (Å²) in [6.07, 6.45) is 4.75. The molecule has 2 rings (SSSR count). The minimum atomic E-state index is 0.0811. The number of nitrogens with one attached hydrogen (secondary N) is 1. The van der Waals surface area contributed by atoms with Gasteiger partial charge in [0.05, 0.1) is 5.56 Å². The SMILES string of the molecule is CCCNc1ncccc1C(=O)N1CCC(COC)CC1. The number of piperidine rings is 1. The molecular weight excluding hydrogens is 266 g/mol. The van der Waals surface area contributed by atoms with E-state index in [1.54, 1.807) is 13.3 Å². The van der Waals surface area contributed by atoms with Gasteiger partial charge in [-0.15, -0.1) is 0 Å². The number of pyridine rings is 1. The second-order valence-electron chi connectivity index (χ2n) is 5.52. The van der Waals surface area contributed by atoms with E-state index in [9.17, 15) is 4.79 Å². The van der Waals surface area contributed by atoms with E-state index in [1.165, 1.54) is 0 Å². The fourth-order valence-corrected chi connectivity index (χ4v) is 2.67. The van der Waals surface area contributed by atoms with E-state index in [4.69, 9.17) is 4.74 Å². The van der Waals surface area contributed by atoms with Gasteiger partial charge >= 0.3 is 0 Å². The van der Waals surface area contributed by atoms with Crippen LogP contribution >= 0.6 is 0 Å². The molecule has 0 saturated carbocycles. The van der Waals surface area contributed by atoms with Crippen LogP contribution in [0.5, 0.6) is 0 Å². The molecule has 5 nitrogen and oxygen atoms in total. The van der Waals surface area contributed by atoms with Crippen molar-refractivity contribution < 1.29 is 9.53 Å². The molecule has 5 heteroatoms. The fourth-order valence-electron chi connectivity index (χ4n) is 2.67. The summed E-state index contributed by atoms with van der Waals surface area (Å²) < 4.78 is 5.20. The van der Waals surface area contributed by atoms with Crippen LogP contribution < -0.4 is 5.32 Å². The highest BCUT2D eigenvalue weighted by molar-refractivity contribution is 5.98. The van der Waals surface area contributed by atoms with Crippen LogP contribution in [0.4, 0.5) is 5.82 Å². The zero-order valence-electron chi connectivity index (χ0n) is 13.0. The third kappa shape index (κ3) is 4.17. The Hall–Kier alpha value is -1.62. The van der Waals surface area contributed by atoms with Crippen LogP contribution in [0.2, 0.25) is 0 Å². The van der Waals surface area contributed by atoms with E-state index >= 15 is 0 Å². The van der Waals surface area contributed by atoms with Gasteiger partial charge in [-0.25, -0.2) is 4.98 Å². The molecule has 1 aliphatic rings. The zero-order chi connectivity index (χ0) is 15.1. The number of ether oxygens (including phenoxy) is 1. The van der Waals surface area contributed by atoms with E-state index in [2.05, 4.69) is 17.2 Å². The molecule has 1 aliphatic heterocycles. The van der Waals surface area contributed by atoms with Gasteiger partial charge in [-0.05, 0) is 37.3 Å². The van der Waals surface area contributed by atoms with Gasteiger partial charge in [0, 0.05) is 39.5 Å². The van der Waals surface area contributed by atoms with Gasteiger partial charge in [0.2, 0.25) is 0 Å². The van der Waals surface area contributed by atoms with Crippen LogP contribution in [0, 0.1) is 5.92 Å². The van der Waals surface area contributed by atoms with Crippen molar-refractivity contribution in [1.82, 2.24) is 9.88 Å². The molecule has 0 spiro atoms. The first kappa shape index (κ1) is 15.8. The summed E-state index contributed by atoms with van der Waals surface area (Å²) in [5.41, 5.74) is 0.677. The van der Waals surface area contributed by atoms with Crippen molar-refractivity contribution in [3.63, 3.8) is 0 Å². The summed E-state index contributed by atoms with van der Waals surface area (Å²) in [5, 5.41) is 3.23. The van der Waals surface area contributed by atoms with Crippen LogP contribution in [-0.2, 0) is 4.74 Å². The van der Waals surface area contributed by atoms with Crippen molar-refractivity contribution in [3.8, 4) is 0 Å². The van der Waals surface area contributed by atoms with E-state index in [-0.39, 0.29) is 5.91 Å². The Morgan fingerprint density at radius 2 is 2.24 bits per heavy atom. The first-order valence-electron chi connectivity index (χ1n) is 7.73. The Balaban J connectivity index is 2.00. The molecule has 0 aromatic carbocycles. The second-order valence-corrected chi connectivity index (χ2v) is 5.52. The number of carbonyl (C=O) groups excluding carboxylic acids is 1. The van der Waals surface area contributed by atoms with Crippen molar-refractivity contribution in [2.75, 3.05) is 38.7 Å². The number of hydrogen-bond acceptors (Lipinski definition) is 4. The highest BCUT2D eigenvalue weighted by atomic mass is 16.5. The van der Waals surface area contributed by atoms with Crippen molar-refractivity contribution in [2.45, 2.75) is 26.2 Å². The van der Waals surface area contributed by atoms with E-state index in [0.717, 1.165) is 45.5 Å². The lowest BCUT2D eigenvalue weighted by atomic mass is 9.97. The zero-order valence-corrected chi connectivity index (χ0v) is 13.0. The number of anilines is 1. The molecule has 0 aliphatic carbocycles. The summed E-state index contributed by atoms with van der Waals surface area (Å²) >= 11 is 0. The highest BCUT2D eigenvalue weighted by Gasteiger charge is 2.25. The molecule has 0 radical (unpaired) electrons. The molecule has 21 heavy (non-hydrogen) atoms. The lowest BCUT2D eigenvalue weighted by Gasteiger charge is -2.32. The highest BCUT2D eigenvalue weighted by Crippen LogP contribution is 2.21. The topological polar surface area (TPSA) is 54.5 Å². The van der Waals surface area contributed by atoms with E-state index in [0.29, 0.717) is 17.3 Å². The molecule has 1 amide bonds. The number of aromatic nitrogens is 1. The van der Waals surface area contributed by atoms with E-state index < -0.39 is 0 Å². The molecule has 1 saturated heterocycles. The Morgan fingerprint density at radius 1 is 1.48 bits per heavy atom. The summed E-state index contributed by atoms with van der Waals surface area (Å²) in [5.74, 6) is 1.35.